The molecule has 18 heavy (non-hydrogen) atoms. The highest BCUT2D eigenvalue weighted by atomic mass is 16.6. The molecule has 1 heterocycles. The Kier molecular flexibility index (Phi) is 4.65. The van der Waals surface area contributed by atoms with Crippen LogP contribution in [0.1, 0.15) is 53.9 Å². The SMILES string of the molecule is CC(C)(C)OC(=O)N1C[C@H](CCCN)CC1(C)C. The van der Waals surface area contributed by atoms with Gasteiger partial charge in [-0.05, 0) is 66.3 Å². The van der Waals surface area contributed by atoms with E-state index >= 15 is 0 Å². The second-order valence-corrected chi connectivity index (χ2v) is 6.90. The minimum absolute atomic E-state index is 0.110. The predicted molar refractivity (Wildman–Crippen MR) is 73.4 cm³/mol. The van der Waals surface area contributed by atoms with E-state index in [9.17, 15) is 4.79 Å². The first kappa shape index (κ1) is 15.3. The molecule has 0 spiro atoms. The monoisotopic (exact) mass is 256 g/mol. The van der Waals surface area contributed by atoms with E-state index in [1.165, 1.54) is 0 Å². The molecule has 106 valence electrons. The molecule has 0 aromatic heterocycles. The highest BCUT2D eigenvalue weighted by molar-refractivity contribution is 5.69. The van der Waals surface area contributed by atoms with Crippen molar-refractivity contribution in [2.24, 2.45) is 11.7 Å². The van der Waals surface area contributed by atoms with Gasteiger partial charge in [-0.15, -0.1) is 0 Å². The van der Waals surface area contributed by atoms with Gasteiger partial charge in [0.2, 0.25) is 0 Å². The van der Waals surface area contributed by atoms with E-state index in [1.54, 1.807) is 0 Å². The second kappa shape index (κ2) is 5.47. The van der Waals surface area contributed by atoms with Crippen molar-refractivity contribution in [3.05, 3.63) is 0 Å². The van der Waals surface area contributed by atoms with Crippen molar-refractivity contribution in [1.82, 2.24) is 4.90 Å². The molecule has 1 aliphatic rings. The van der Waals surface area contributed by atoms with Gasteiger partial charge in [0.05, 0.1) is 0 Å². The first-order valence-electron chi connectivity index (χ1n) is 6.86. The molecule has 0 unspecified atom stereocenters. The van der Waals surface area contributed by atoms with Crippen LogP contribution in [0.5, 0.6) is 0 Å². The Morgan fingerprint density at radius 1 is 1.44 bits per heavy atom. The fraction of sp³-hybridized carbons (Fsp3) is 0.929. The minimum Gasteiger partial charge on any atom is -0.444 e. The van der Waals surface area contributed by atoms with Gasteiger partial charge in [0, 0.05) is 12.1 Å². The maximum absolute atomic E-state index is 12.2. The van der Waals surface area contributed by atoms with E-state index in [2.05, 4.69) is 13.8 Å². The van der Waals surface area contributed by atoms with Crippen LogP contribution in [0.3, 0.4) is 0 Å². The van der Waals surface area contributed by atoms with Crippen LogP contribution in [0, 0.1) is 5.92 Å². The average molecular weight is 256 g/mol. The lowest BCUT2D eigenvalue weighted by molar-refractivity contribution is 0.0131. The third-order valence-corrected chi connectivity index (χ3v) is 3.39. The number of nitrogens with zero attached hydrogens (tertiary/aromatic N) is 1. The van der Waals surface area contributed by atoms with Crippen LogP contribution in [0.15, 0.2) is 0 Å². The summed E-state index contributed by atoms with van der Waals surface area (Å²) in [4.78, 5) is 14.0. The lowest BCUT2D eigenvalue weighted by Gasteiger charge is -2.33. The first-order valence-corrected chi connectivity index (χ1v) is 6.86. The van der Waals surface area contributed by atoms with E-state index in [4.69, 9.17) is 10.5 Å². The molecule has 0 saturated carbocycles. The number of likely N-dealkylation sites (tertiary alicyclic amines) is 1. The van der Waals surface area contributed by atoms with E-state index in [0.29, 0.717) is 5.92 Å². The highest BCUT2D eigenvalue weighted by Gasteiger charge is 2.42. The van der Waals surface area contributed by atoms with Gasteiger partial charge in [0.25, 0.3) is 0 Å². The molecule has 0 aromatic rings. The summed E-state index contributed by atoms with van der Waals surface area (Å²) < 4.78 is 5.47. The number of carbonyl (C=O) groups excluding carboxylic acids is 1. The standard InChI is InChI=1S/C14H28N2O2/c1-13(2,3)18-12(17)16-10-11(7-6-8-15)9-14(16,4)5/h11H,6-10,15H2,1-5H3/t11-/m1/s1. The van der Waals surface area contributed by atoms with Crippen LogP contribution >= 0.6 is 0 Å². The largest absolute Gasteiger partial charge is 0.444 e. The van der Waals surface area contributed by atoms with E-state index < -0.39 is 5.60 Å². The third kappa shape index (κ3) is 4.16. The van der Waals surface area contributed by atoms with Crippen molar-refractivity contribution in [1.29, 1.82) is 0 Å². The van der Waals surface area contributed by atoms with Gasteiger partial charge in [0.15, 0.2) is 0 Å². The molecule has 1 rings (SSSR count). The van der Waals surface area contributed by atoms with Gasteiger partial charge < -0.3 is 15.4 Å². The van der Waals surface area contributed by atoms with Crippen LogP contribution in [0.4, 0.5) is 4.79 Å². The van der Waals surface area contributed by atoms with Crippen molar-refractivity contribution < 1.29 is 9.53 Å². The topological polar surface area (TPSA) is 55.6 Å². The van der Waals surface area contributed by atoms with Crippen LogP contribution < -0.4 is 5.73 Å². The summed E-state index contributed by atoms with van der Waals surface area (Å²) in [6.07, 6.45) is 2.97. The van der Waals surface area contributed by atoms with Crippen molar-refractivity contribution >= 4 is 6.09 Å². The Balaban J connectivity index is 2.62. The molecule has 4 heteroatoms. The van der Waals surface area contributed by atoms with Crippen molar-refractivity contribution in [3.63, 3.8) is 0 Å². The second-order valence-electron chi connectivity index (χ2n) is 6.90. The normalized spacial score (nSPS) is 23.2. The number of hydrogen-bond acceptors (Lipinski definition) is 3. The molecule has 1 fully saturated rings. The van der Waals surface area contributed by atoms with Crippen molar-refractivity contribution in [2.45, 2.75) is 65.0 Å². The Morgan fingerprint density at radius 2 is 2.06 bits per heavy atom. The molecule has 0 aromatic carbocycles. The summed E-state index contributed by atoms with van der Waals surface area (Å²) in [5.74, 6) is 0.552. The van der Waals surface area contributed by atoms with Gasteiger partial charge in [-0.2, -0.15) is 0 Å². The molecule has 4 nitrogen and oxygen atoms in total. The minimum atomic E-state index is -0.428. The quantitative estimate of drug-likeness (QED) is 0.844. The number of hydrogen-bond donors (Lipinski definition) is 1. The number of nitrogens with two attached hydrogens (primary N) is 1. The first-order chi connectivity index (χ1) is 8.15. The Hall–Kier alpha value is -0.770. The lowest BCUT2D eigenvalue weighted by Crippen LogP contribution is -2.45. The molecule has 0 radical (unpaired) electrons. The van der Waals surface area contributed by atoms with E-state index in [1.807, 2.05) is 25.7 Å². The molecule has 1 aliphatic heterocycles. The maximum atomic E-state index is 12.2. The zero-order valence-corrected chi connectivity index (χ0v) is 12.5. The number of ether oxygens (including phenoxy) is 1. The molecule has 2 N–H and O–H groups in total. The van der Waals surface area contributed by atoms with E-state index in [0.717, 1.165) is 32.4 Å². The molecule has 1 amide bonds. The Bertz CT molecular complexity index is 295. The summed E-state index contributed by atoms with van der Waals surface area (Å²) in [5, 5.41) is 0. The Morgan fingerprint density at radius 3 is 2.56 bits per heavy atom. The average Bonchev–Trinajstić information content (AvgIpc) is 2.48. The third-order valence-electron chi connectivity index (χ3n) is 3.39. The van der Waals surface area contributed by atoms with Gasteiger partial charge in [-0.3, -0.25) is 0 Å². The highest BCUT2D eigenvalue weighted by Crippen LogP contribution is 2.35. The Labute approximate surface area is 111 Å². The maximum Gasteiger partial charge on any atom is 0.410 e. The lowest BCUT2D eigenvalue weighted by atomic mass is 9.93. The predicted octanol–water partition coefficient (Wildman–Crippen LogP) is 2.76. The summed E-state index contributed by atoms with van der Waals surface area (Å²) in [5.41, 5.74) is 5.01. The number of carbonyl (C=O) groups is 1. The van der Waals surface area contributed by atoms with Gasteiger partial charge in [-0.1, -0.05) is 0 Å². The molecule has 0 aliphatic carbocycles. The molecule has 0 bridgehead atoms. The van der Waals surface area contributed by atoms with Crippen LogP contribution in [-0.2, 0) is 4.74 Å². The summed E-state index contributed by atoms with van der Waals surface area (Å²) in [6, 6.07) is 0. The van der Waals surface area contributed by atoms with Crippen molar-refractivity contribution in [2.75, 3.05) is 13.1 Å². The zero-order chi connectivity index (χ0) is 14.0. The van der Waals surface area contributed by atoms with Crippen LogP contribution in [0.2, 0.25) is 0 Å². The summed E-state index contributed by atoms with van der Waals surface area (Å²) >= 11 is 0. The van der Waals surface area contributed by atoms with E-state index in [-0.39, 0.29) is 11.6 Å². The molecule has 1 saturated heterocycles. The summed E-state index contributed by atoms with van der Waals surface area (Å²) in [6.45, 7) is 11.4. The smallest absolute Gasteiger partial charge is 0.410 e. The van der Waals surface area contributed by atoms with Gasteiger partial charge in [-0.25, -0.2) is 4.79 Å². The van der Waals surface area contributed by atoms with Gasteiger partial charge in [0.1, 0.15) is 5.60 Å². The van der Waals surface area contributed by atoms with Crippen LogP contribution in [0.25, 0.3) is 0 Å². The molecule has 1 atom stereocenters. The number of rotatable bonds is 3. The molecular weight excluding hydrogens is 228 g/mol. The molecular formula is C14H28N2O2. The fourth-order valence-electron chi connectivity index (χ4n) is 2.63. The van der Waals surface area contributed by atoms with Gasteiger partial charge >= 0.3 is 6.09 Å². The number of amides is 1. The zero-order valence-electron chi connectivity index (χ0n) is 12.5. The summed E-state index contributed by atoms with van der Waals surface area (Å²) in [7, 11) is 0. The fourth-order valence-corrected chi connectivity index (χ4v) is 2.63. The van der Waals surface area contributed by atoms with Crippen LogP contribution in [-0.4, -0.2) is 35.2 Å². The van der Waals surface area contributed by atoms with Crippen molar-refractivity contribution in [3.8, 4) is 0 Å².